The van der Waals surface area contributed by atoms with E-state index in [1.807, 2.05) is 6.07 Å². The van der Waals surface area contributed by atoms with Crippen molar-refractivity contribution in [2.75, 3.05) is 33.7 Å². The summed E-state index contributed by atoms with van der Waals surface area (Å²) in [6.45, 7) is 5.79. The van der Waals surface area contributed by atoms with E-state index >= 15 is 0 Å². The van der Waals surface area contributed by atoms with Gasteiger partial charge in [0.05, 0.1) is 0 Å². The highest BCUT2D eigenvalue weighted by Crippen LogP contribution is 2.22. The zero-order chi connectivity index (χ0) is 14.5. The van der Waals surface area contributed by atoms with Crippen LogP contribution in [-0.4, -0.2) is 49.6 Å². The van der Waals surface area contributed by atoms with Crippen molar-refractivity contribution in [2.24, 2.45) is 11.7 Å². The van der Waals surface area contributed by atoms with Crippen molar-refractivity contribution in [2.45, 2.75) is 31.8 Å². The molecule has 2 rings (SSSR count). The molecule has 1 heterocycles. The van der Waals surface area contributed by atoms with Crippen LogP contribution >= 0.6 is 0 Å². The van der Waals surface area contributed by atoms with E-state index in [1.165, 1.54) is 31.5 Å². The van der Waals surface area contributed by atoms with Gasteiger partial charge >= 0.3 is 0 Å². The maximum absolute atomic E-state index is 6.40. The Labute approximate surface area is 123 Å². The molecule has 1 aliphatic rings. The first-order valence-corrected chi connectivity index (χ1v) is 7.77. The van der Waals surface area contributed by atoms with Gasteiger partial charge in [0.1, 0.15) is 0 Å². The molecule has 0 bridgehead atoms. The normalized spacial score (nSPS) is 21.1. The molecule has 1 aliphatic heterocycles. The molecule has 3 heteroatoms. The molecule has 0 radical (unpaired) electrons. The molecule has 0 aliphatic carbocycles. The van der Waals surface area contributed by atoms with Gasteiger partial charge in [0, 0.05) is 18.6 Å². The van der Waals surface area contributed by atoms with Gasteiger partial charge in [-0.1, -0.05) is 37.3 Å². The molecule has 1 fully saturated rings. The standard InChI is InChI=1S/C17H29N3/c1-14(17(18)15-7-5-4-6-8-15)13-20-11-9-16(10-12-20)19(2)3/h4-8,14,16-17H,9-13,18H2,1-3H3. The van der Waals surface area contributed by atoms with Crippen molar-refractivity contribution in [1.82, 2.24) is 9.80 Å². The third-order valence-electron chi connectivity index (χ3n) is 4.63. The topological polar surface area (TPSA) is 32.5 Å². The zero-order valence-electron chi connectivity index (χ0n) is 13.1. The van der Waals surface area contributed by atoms with Gasteiger partial charge in [0.15, 0.2) is 0 Å². The lowest BCUT2D eigenvalue weighted by Gasteiger charge is -2.37. The molecule has 3 nitrogen and oxygen atoms in total. The van der Waals surface area contributed by atoms with Crippen molar-refractivity contribution >= 4 is 0 Å². The summed E-state index contributed by atoms with van der Waals surface area (Å²) >= 11 is 0. The quantitative estimate of drug-likeness (QED) is 0.895. The number of piperidine rings is 1. The van der Waals surface area contributed by atoms with Gasteiger partial charge in [-0.05, 0) is 51.5 Å². The number of nitrogens with two attached hydrogens (primary N) is 1. The van der Waals surface area contributed by atoms with E-state index in [2.05, 4.69) is 55.1 Å². The van der Waals surface area contributed by atoms with Gasteiger partial charge in [-0.3, -0.25) is 0 Å². The smallest absolute Gasteiger partial charge is 0.0333 e. The lowest BCUT2D eigenvalue weighted by atomic mass is 9.94. The number of nitrogens with zero attached hydrogens (tertiary/aromatic N) is 2. The second-order valence-corrected chi connectivity index (χ2v) is 6.41. The summed E-state index contributed by atoms with van der Waals surface area (Å²) in [7, 11) is 4.38. The number of likely N-dealkylation sites (tertiary alicyclic amines) is 1. The van der Waals surface area contributed by atoms with Crippen LogP contribution in [0.4, 0.5) is 0 Å². The number of benzene rings is 1. The molecule has 1 aromatic rings. The van der Waals surface area contributed by atoms with Crippen LogP contribution in [0.1, 0.15) is 31.4 Å². The first kappa shape index (κ1) is 15.5. The van der Waals surface area contributed by atoms with Crippen molar-refractivity contribution < 1.29 is 0 Å². The fraction of sp³-hybridized carbons (Fsp3) is 0.647. The molecule has 1 aromatic carbocycles. The van der Waals surface area contributed by atoms with E-state index in [4.69, 9.17) is 5.73 Å². The van der Waals surface area contributed by atoms with E-state index in [0.29, 0.717) is 5.92 Å². The highest BCUT2D eigenvalue weighted by atomic mass is 15.2. The van der Waals surface area contributed by atoms with Gasteiger partial charge in [0.2, 0.25) is 0 Å². The van der Waals surface area contributed by atoms with Gasteiger partial charge in [-0.15, -0.1) is 0 Å². The van der Waals surface area contributed by atoms with Crippen LogP contribution in [0.5, 0.6) is 0 Å². The molecule has 0 amide bonds. The minimum atomic E-state index is 0.141. The van der Waals surface area contributed by atoms with Crippen LogP contribution in [0.15, 0.2) is 30.3 Å². The van der Waals surface area contributed by atoms with Crippen LogP contribution in [-0.2, 0) is 0 Å². The van der Waals surface area contributed by atoms with Gasteiger partial charge in [-0.2, -0.15) is 0 Å². The predicted molar refractivity (Wildman–Crippen MR) is 85.7 cm³/mol. The van der Waals surface area contributed by atoms with Crippen molar-refractivity contribution in [1.29, 1.82) is 0 Å². The lowest BCUT2D eigenvalue weighted by molar-refractivity contribution is 0.128. The van der Waals surface area contributed by atoms with Crippen molar-refractivity contribution in [3.63, 3.8) is 0 Å². The summed E-state index contributed by atoms with van der Waals surface area (Å²) in [5.74, 6) is 0.494. The van der Waals surface area contributed by atoms with Crippen LogP contribution in [0.3, 0.4) is 0 Å². The van der Waals surface area contributed by atoms with Gasteiger partial charge in [0.25, 0.3) is 0 Å². The van der Waals surface area contributed by atoms with Gasteiger partial charge < -0.3 is 15.5 Å². The second kappa shape index (κ2) is 7.21. The third-order valence-corrected chi connectivity index (χ3v) is 4.63. The molecule has 2 atom stereocenters. The van der Waals surface area contributed by atoms with Gasteiger partial charge in [-0.25, -0.2) is 0 Å². The van der Waals surface area contributed by atoms with E-state index in [-0.39, 0.29) is 6.04 Å². The van der Waals surface area contributed by atoms with E-state index in [0.717, 1.165) is 12.6 Å². The number of hydrogen-bond acceptors (Lipinski definition) is 3. The average Bonchev–Trinajstić information content (AvgIpc) is 2.48. The molecule has 0 aromatic heterocycles. The Hall–Kier alpha value is -0.900. The fourth-order valence-electron chi connectivity index (χ4n) is 3.14. The van der Waals surface area contributed by atoms with Crippen LogP contribution in [0.2, 0.25) is 0 Å². The predicted octanol–water partition coefficient (Wildman–Crippen LogP) is 2.35. The highest BCUT2D eigenvalue weighted by molar-refractivity contribution is 5.19. The third kappa shape index (κ3) is 4.05. The Balaban J connectivity index is 1.82. The maximum Gasteiger partial charge on any atom is 0.0333 e. The summed E-state index contributed by atoms with van der Waals surface area (Å²) in [4.78, 5) is 4.93. The number of rotatable bonds is 5. The van der Waals surface area contributed by atoms with Crippen LogP contribution < -0.4 is 5.73 Å². The molecule has 0 spiro atoms. The summed E-state index contributed by atoms with van der Waals surface area (Å²) in [6.07, 6.45) is 2.56. The van der Waals surface area contributed by atoms with Crippen LogP contribution in [0, 0.1) is 5.92 Å². The Bertz CT molecular complexity index is 382. The SMILES string of the molecule is CC(CN1CCC(N(C)C)CC1)C(N)c1ccccc1. The number of hydrogen-bond donors (Lipinski definition) is 1. The van der Waals surface area contributed by atoms with Crippen molar-refractivity contribution in [3.05, 3.63) is 35.9 Å². The first-order chi connectivity index (χ1) is 9.58. The first-order valence-electron chi connectivity index (χ1n) is 7.77. The highest BCUT2D eigenvalue weighted by Gasteiger charge is 2.23. The molecule has 112 valence electrons. The Morgan fingerprint density at radius 2 is 1.80 bits per heavy atom. The Morgan fingerprint density at radius 3 is 2.35 bits per heavy atom. The summed E-state index contributed by atoms with van der Waals surface area (Å²) < 4.78 is 0. The molecule has 1 saturated heterocycles. The lowest BCUT2D eigenvalue weighted by Crippen LogP contribution is -2.44. The molecule has 20 heavy (non-hydrogen) atoms. The van der Waals surface area contributed by atoms with Crippen LogP contribution in [0.25, 0.3) is 0 Å². The van der Waals surface area contributed by atoms with Crippen molar-refractivity contribution in [3.8, 4) is 0 Å². The maximum atomic E-state index is 6.40. The van der Waals surface area contributed by atoms with E-state index in [1.54, 1.807) is 0 Å². The Morgan fingerprint density at radius 1 is 1.20 bits per heavy atom. The summed E-state index contributed by atoms with van der Waals surface area (Å²) in [5, 5.41) is 0. The Kier molecular flexibility index (Phi) is 5.58. The summed E-state index contributed by atoms with van der Waals surface area (Å²) in [5.41, 5.74) is 7.65. The molecule has 2 N–H and O–H groups in total. The average molecular weight is 275 g/mol. The van der Waals surface area contributed by atoms with E-state index < -0.39 is 0 Å². The zero-order valence-corrected chi connectivity index (χ0v) is 13.1. The molecule has 2 unspecified atom stereocenters. The van der Waals surface area contributed by atoms with E-state index in [9.17, 15) is 0 Å². The minimum Gasteiger partial charge on any atom is -0.324 e. The molecular weight excluding hydrogens is 246 g/mol. The molecular formula is C17H29N3. The molecule has 0 saturated carbocycles. The summed E-state index contributed by atoms with van der Waals surface area (Å²) in [6, 6.07) is 11.4. The minimum absolute atomic E-state index is 0.141. The fourth-order valence-corrected chi connectivity index (χ4v) is 3.14. The monoisotopic (exact) mass is 275 g/mol. The second-order valence-electron chi connectivity index (χ2n) is 6.41. The largest absolute Gasteiger partial charge is 0.324 e.